The standard InChI is InChI=1S/2C24H20O3S.Ba/c2*25-28(26,27)24-22-14-8-7-13-20(22)17-21(15-18-9-3-1-4-10-18)23(24)16-19-11-5-2-6-12-19;/h2*1-14,17H,15-16H2,(H,25,26,27);/q;;+2/p-2. The van der Waals surface area contributed by atoms with E-state index in [-0.39, 0.29) is 58.7 Å². The van der Waals surface area contributed by atoms with Crippen molar-refractivity contribution in [3.63, 3.8) is 0 Å². The summed E-state index contributed by atoms with van der Waals surface area (Å²) in [4.78, 5) is -0.194. The summed E-state index contributed by atoms with van der Waals surface area (Å²) in [6.45, 7) is 0. The van der Waals surface area contributed by atoms with Crippen LogP contribution in [-0.2, 0) is 45.9 Å². The van der Waals surface area contributed by atoms with Gasteiger partial charge in [0, 0.05) is 0 Å². The van der Waals surface area contributed by atoms with Crippen molar-refractivity contribution in [2.24, 2.45) is 0 Å². The molecule has 57 heavy (non-hydrogen) atoms. The third kappa shape index (κ3) is 10.6. The van der Waals surface area contributed by atoms with Crippen LogP contribution in [0, 0.1) is 0 Å². The Morgan fingerprint density at radius 3 is 0.912 bits per heavy atom. The van der Waals surface area contributed by atoms with Crippen molar-refractivity contribution in [3.05, 3.63) is 226 Å². The maximum absolute atomic E-state index is 12.3. The van der Waals surface area contributed by atoms with Crippen LogP contribution in [-0.4, -0.2) is 74.8 Å². The maximum Gasteiger partial charge on any atom is 2.00 e. The number of benzene rings is 8. The first-order chi connectivity index (χ1) is 27.0. The zero-order valence-electron chi connectivity index (χ0n) is 31.1. The van der Waals surface area contributed by atoms with E-state index < -0.39 is 20.2 Å². The summed E-state index contributed by atoms with van der Waals surface area (Å²) in [6, 6.07) is 57.4. The van der Waals surface area contributed by atoms with Gasteiger partial charge >= 0.3 is 48.9 Å². The van der Waals surface area contributed by atoms with Gasteiger partial charge in [0.05, 0.1) is 9.79 Å². The van der Waals surface area contributed by atoms with Gasteiger partial charge in [-0.25, -0.2) is 16.8 Å². The van der Waals surface area contributed by atoms with Crippen molar-refractivity contribution in [3.8, 4) is 0 Å². The first kappa shape index (κ1) is 42.3. The molecule has 0 aliphatic rings. The van der Waals surface area contributed by atoms with Crippen molar-refractivity contribution in [2.75, 3.05) is 0 Å². The van der Waals surface area contributed by atoms with Crippen LogP contribution in [0.3, 0.4) is 0 Å². The van der Waals surface area contributed by atoms with E-state index in [1.807, 2.05) is 158 Å². The minimum atomic E-state index is -4.64. The summed E-state index contributed by atoms with van der Waals surface area (Å²) < 4.78 is 73.8. The average molecular weight is 912 g/mol. The molecule has 0 spiro atoms. The SMILES string of the molecule is O=S(=O)([O-])c1c(Cc2ccccc2)c(Cc2ccccc2)cc2ccccc12.O=S(=O)([O-])c1c(Cc2ccccc2)c(Cc2ccccc2)cc2ccccc12.[Ba+2]. The minimum absolute atomic E-state index is 0. The second kappa shape index (κ2) is 19.0. The van der Waals surface area contributed by atoms with Gasteiger partial charge in [-0.3, -0.25) is 0 Å². The second-order valence-electron chi connectivity index (χ2n) is 13.7. The van der Waals surface area contributed by atoms with Crippen molar-refractivity contribution >= 4 is 90.7 Å². The van der Waals surface area contributed by atoms with Crippen molar-refractivity contribution in [2.45, 2.75) is 35.5 Å². The molecule has 0 saturated heterocycles. The van der Waals surface area contributed by atoms with Crippen LogP contribution < -0.4 is 0 Å². The number of hydrogen-bond donors (Lipinski definition) is 0. The molecule has 0 bridgehead atoms. The number of hydrogen-bond acceptors (Lipinski definition) is 6. The summed E-state index contributed by atoms with van der Waals surface area (Å²) in [5.74, 6) is 0. The van der Waals surface area contributed by atoms with Gasteiger partial charge in [0.1, 0.15) is 20.2 Å². The van der Waals surface area contributed by atoms with Gasteiger partial charge in [0.15, 0.2) is 0 Å². The summed E-state index contributed by atoms with van der Waals surface area (Å²) in [5, 5.41) is 2.50. The molecule has 0 radical (unpaired) electrons. The Kier molecular flexibility index (Phi) is 14.1. The molecular formula is C48H38BaO6S2. The Morgan fingerprint density at radius 2 is 0.614 bits per heavy atom. The fraction of sp³-hybridized carbons (Fsp3) is 0.0833. The van der Waals surface area contributed by atoms with E-state index in [1.165, 1.54) is 0 Å². The van der Waals surface area contributed by atoms with Crippen molar-refractivity contribution < 1.29 is 25.9 Å². The van der Waals surface area contributed by atoms with Crippen LogP contribution in [0.2, 0.25) is 0 Å². The molecule has 0 unspecified atom stereocenters. The Morgan fingerprint density at radius 1 is 0.351 bits per heavy atom. The molecule has 0 aliphatic carbocycles. The molecule has 8 aromatic carbocycles. The summed E-state index contributed by atoms with van der Waals surface area (Å²) in [5.41, 5.74) is 6.98. The smallest absolute Gasteiger partial charge is 0.744 e. The van der Waals surface area contributed by atoms with Gasteiger partial charge in [-0.2, -0.15) is 0 Å². The molecule has 8 aromatic rings. The van der Waals surface area contributed by atoms with Crippen LogP contribution in [0.1, 0.15) is 44.5 Å². The summed E-state index contributed by atoms with van der Waals surface area (Å²) in [7, 11) is -9.29. The molecular weight excluding hydrogens is 874 g/mol. The van der Waals surface area contributed by atoms with E-state index in [0.29, 0.717) is 47.6 Å². The van der Waals surface area contributed by atoms with E-state index >= 15 is 0 Å². The van der Waals surface area contributed by atoms with E-state index in [4.69, 9.17) is 0 Å². The molecule has 0 fully saturated rings. The van der Waals surface area contributed by atoms with E-state index in [9.17, 15) is 25.9 Å². The fourth-order valence-corrected chi connectivity index (χ4v) is 9.25. The van der Waals surface area contributed by atoms with Crippen LogP contribution in [0.15, 0.2) is 192 Å². The van der Waals surface area contributed by atoms with E-state index in [1.54, 1.807) is 24.3 Å². The molecule has 8 rings (SSSR count). The third-order valence-electron chi connectivity index (χ3n) is 9.82. The van der Waals surface area contributed by atoms with E-state index in [0.717, 1.165) is 44.2 Å². The second-order valence-corrected chi connectivity index (χ2v) is 16.3. The van der Waals surface area contributed by atoms with Crippen molar-refractivity contribution in [1.82, 2.24) is 0 Å². The van der Waals surface area contributed by atoms with E-state index in [2.05, 4.69) is 0 Å². The fourth-order valence-electron chi connectivity index (χ4n) is 7.33. The molecule has 0 aliphatic heterocycles. The quantitative estimate of drug-likeness (QED) is 0.0998. The summed E-state index contributed by atoms with van der Waals surface area (Å²) >= 11 is 0. The average Bonchev–Trinajstić information content (AvgIpc) is 3.19. The molecule has 280 valence electrons. The predicted molar refractivity (Wildman–Crippen MR) is 227 cm³/mol. The Hall–Kier alpha value is -4.33. The Labute approximate surface area is 374 Å². The predicted octanol–water partition coefficient (Wildman–Crippen LogP) is 9.47. The topological polar surface area (TPSA) is 114 Å². The monoisotopic (exact) mass is 912 g/mol. The first-order valence-electron chi connectivity index (χ1n) is 18.2. The molecule has 0 atom stereocenters. The number of fused-ring (bicyclic) bond motifs is 2. The Bertz CT molecular complexity index is 2640. The van der Waals surface area contributed by atoms with Crippen molar-refractivity contribution in [1.29, 1.82) is 0 Å². The Balaban J connectivity index is 0.000000189. The van der Waals surface area contributed by atoms with Gasteiger partial charge in [0.25, 0.3) is 0 Å². The van der Waals surface area contributed by atoms with Crippen LogP contribution in [0.25, 0.3) is 21.5 Å². The normalized spacial score (nSPS) is 11.4. The van der Waals surface area contributed by atoms with Crippen LogP contribution >= 0.6 is 0 Å². The molecule has 9 heteroatoms. The van der Waals surface area contributed by atoms with Gasteiger partial charge in [0.2, 0.25) is 0 Å². The molecule has 0 heterocycles. The van der Waals surface area contributed by atoms with Gasteiger partial charge in [-0.05, 0) is 91.7 Å². The zero-order chi connectivity index (χ0) is 39.1. The number of rotatable bonds is 10. The maximum atomic E-state index is 12.3. The molecule has 0 aromatic heterocycles. The molecule has 6 nitrogen and oxygen atoms in total. The molecule has 0 amide bonds. The molecule has 0 saturated carbocycles. The third-order valence-corrected chi connectivity index (χ3v) is 11.7. The van der Waals surface area contributed by atoms with Gasteiger partial charge in [-0.15, -0.1) is 0 Å². The first-order valence-corrected chi connectivity index (χ1v) is 21.0. The van der Waals surface area contributed by atoms with Crippen LogP contribution in [0.5, 0.6) is 0 Å². The molecule has 0 N–H and O–H groups in total. The largest absolute Gasteiger partial charge is 2.00 e. The summed E-state index contributed by atoms with van der Waals surface area (Å²) in [6.07, 6.45) is 1.92. The van der Waals surface area contributed by atoms with Gasteiger partial charge in [-0.1, -0.05) is 182 Å². The zero-order valence-corrected chi connectivity index (χ0v) is 37.2. The van der Waals surface area contributed by atoms with Crippen LogP contribution in [0.4, 0.5) is 0 Å². The van der Waals surface area contributed by atoms with Gasteiger partial charge < -0.3 is 9.11 Å². The minimum Gasteiger partial charge on any atom is -0.744 e.